The first kappa shape index (κ1) is 46.3. The molecule has 324 valence electrons. The fourth-order valence-corrected chi connectivity index (χ4v) is 15.0. The van der Waals surface area contributed by atoms with Crippen molar-refractivity contribution in [3.63, 3.8) is 0 Å². The minimum atomic E-state index is 0.0323. The van der Waals surface area contributed by atoms with E-state index in [1.54, 1.807) is 0 Å². The second-order valence-electron chi connectivity index (χ2n) is 23.6. The molecule has 4 saturated carbocycles. The number of carbonyl (C=O) groups excluding carboxylic acids is 1. The fraction of sp³-hybridized carbons (Fsp3) is 0.944. The summed E-state index contributed by atoms with van der Waals surface area (Å²) in [5.74, 6) is 2.25. The van der Waals surface area contributed by atoms with Gasteiger partial charge in [0.2, 0.25) is 0 Å². The molecule has 0 aromatic heterocycles. The molecule has 0 aromatic carbocycles. The van der Waals surface area contributed by atoms with E-state index in [1.807, 2.05) is 5.57 Å². The van der Waals surface area contributed by atoms with E-state index in [1.165, 1.54) is 186 Å². The summed E-state index contributed by atoms with van der Waals surface area (Å²) in [5, 5.41) is 0. The highest BCUT2D eigenvalue weighted by atomic mass is 16.5. The van der Waals surface area contributed by atoms with Gasteiger partial charge in [-0.2, -0.15) is 0 Å². The lowest BCUT2D eigenvalue weighted by atomic mass is 9.34. The van der Waals surface area contributed by atoms with Crippen molar-refractivity contribution in [2.75, 3.05) is 0 Å². The van der Waals surface area contributed by atoms with Gasteiger partial charge in [-0.1, -0.05) is 202 Å². The summed E-state index contributed by atoms with van der Waals surface area (Å²) in [6, 6.07) is 0. The minimum Gasteiger partial charge on any atom is -0.462 e. The van der Waals surface area contributed by atoms with Crippen LogP contribution >= 0.6 is 0 Å². The Kier molecular flexibility index (Phi) is 16.7. The summed E-state index contributed by atoms with van der Waals surface area (Å²) < 4.78 is 6.45. The number of esters is 1. The van der Waals surface area contributed by atoms with E-state index >= 15 is 0 Å². The Hall–Kier alpha value is -0.790. The smallest absolute Gasteiger partial charge is 0.306 e. The summed E-state index contributed by atoms with van der Waals surface area (Å²) in [4.78, 5) is 13.3. The van der Waals surface area contributed by atoms with E-state index in [0.717, 1.165) is 24.7 Å². The monoisotopic (exact) mass is 777 g/mol. The molecule has 0 unspecified atom stereocenters. The van der Waals surface area contributed by atoms with Crippen molar-refractivity contribution < 1.29 is 9.53 Å². The molecule has 4 fully saturated rings. The van der Waals surface area contributed by atoms with Crippen molar-refractivity contribution >= 4 is 5.97 Å². The molecule has 2 heteroatoms. The Morgan fingerprint density at radius 2 is 1.02 bits per heavy atom. The van der Waals surface area contributed by atoms with Gasteiger partial charge >= 0.3 is 5.97 Å². The van der Waals surface area contributed by atoms with Gasteiger partial charge in [0.05, 0.1) is 0 Å². The summed E-state index contributed by atoms with van der Waals surface area (Å²) in [7, 11) is 0. The molecule has 0 heterocycles. The fourth-order valence-electron chi connectivity index (χ4n) is 15.0. The van der Waals surface area contributed by atoms with Crippen LogP contribution in [-0.4, -0.2) is 12.1 Å². The van der Waals surface area contributed by atoms with Crippen LogP contribution in [0.3, 0.4) is 0 Å². The molecule has 0 aliphatic heterocycles. The normalized spacial score (nSPS) is 35.8. The molecule has 0 amide bonds. The summed E-state index contributed by atoms with van der Waals surface area (Å²) >= 11 is 0. The molecule has 5 aliphatic rings. The first-order valence-electron chi connectivity index (χ1n) is 25.5. The predicted molar refractivity (Wildman–Crippen MR) is 242 cm³/mol. The number of hydrogen-bond donors (Lipinski definition) is 0. The van der Waals surface area contributed by atoms with E-state index < -0.39 is 0 Å². The van der Waals surface area contributed by atoms with Gasteiger partial charge in [0, 0.05) is 11.8 Å². The minimum absolute atomic E-state index is 0.0323. The lowest BCUT2D eigenvalue weighted by Gasteiger charge is -2.70. The van der Waals surface area contributed by atoms with Crippen molar-refractivity contribution in [2.24, 2.45) is 50.2 Å². The summed E-state index contributed by atoms with van der Waals surface area (Å²) in [6.07, 6.45) is 45.8. The van der Waals surface area contributed by atoms with Crippen LogP contribution in [0.25, 0.3) is 0 Å². The molecule has 56 heavy (non-hydrogen) atoms. The Morgan fingerprint density at radius 1 is 0.554 bits per heavy atom. The van der Waals surface area contributed by atoms with E-state index in [9.17, 15) is 4.79 Å². The Balaban J connectivity index is 0.949. The predicted octanol–water partition coefficient (Wildman–Crippen LogP) is 17.3. The molecule has 5 rings (SSSR count). The molecule has 0 N–H and O–H groups in total. The SMILES string of the molecule is CCCCCCCCCCCCCCCCCCCCCCCC(=O)O[C@H]1CC[C@@]2(C)[C@@H](CC[C@@]3(C)C4=CC[C@@]5(C)CCC(C)(C)C[C@H]5[C@]4(C)CC[C@@H]23)C1(C)C. The van der Waals surface area contributed by atoms with E-state index in [2.05, 4.69) is 68.4 Å². The van der Waals surface area contributed by atoms with Crippen molar-refractivity contribution in [3.05, 3.63) is 11.6 Å². The maximum atomic E-state index is 13.3. The van der Waals surface area contributed by atoms with Crippen LogP contribution in [-0.2, 0) is 9.53 Å². The van der Waals surface area contributed by atoms with Crippen LogP contribution in [0.4, 0.5) is 0 Å². The topological polar surface area (TPSA) is 26.3 Å². The van der Waals surface area contributed by atoms with Gasteiger partial charge in [0.15, 0.2) is 0 Å². The van der Waals surface area contributed by atoms with Crippen molar-refractivity contribution in [1.29, 1.82) is 0 Å². The molecule has 8 atom stereocenters. The average Bonchev–Trinajstić information content (AvgIpc) is 3.14. The van der Waals surface area contributed by atoms with Crippen LogP contribution < -0.4 is 0 Å². The van der Waals surface area contributed by atoms with Gasteiger partial charge in [-0.25, -0.2) is 0 Å². The number of unbranched alkanes of at least 4 members (excludes halogenated alkanes) is 20. The molecule has 0 aromatic rings. The molecule has 0 spiro atoms. The van der Waals surface area contributed by atoms with Crippen molar-refractivity contribution in [3.8, 4) is 0 Å². The number of hydrogen-bond acceptors (Lipinski definition) is 2. The van der Waals surface area contributed by atoms with E-state index in [4.69, 9.17) is 4.74 Å². The molecule has 5 aliphatic carbocycles. The lowest BCUT2D eigenvalue weighted by Crippen LogP contribution is -2.63. The van der Waals surface area contributed by atoms with Crippen molar-refractivity contribution in [2.45, 2.75) is 274 Å². The van der Waals surface area contributed by atoms with Gasteiger partial charge in [0.1, 0.15) is 6.10 Å². The third kappa shape index (κ3) is 10.7. The van der Waals surface area contributed by atoms with Crippen LogP contribution in [0.15, 0.2) is 11.6 Å². The first-order chi connectivity index (χ1) is 26.6. The van der Waals surface area contributed by atoms with Gasteiger partial charge < -0.3 is 4.74 Å². The van der Waals surface area contributed by atoms with E-state index in [0.29, 0.717) is 39.4 Å². The second-order valence-corrected chi connectivity index (χ2v) is 23.6. The Morgan fingerprint density at radius 3 is 1.54 bits per heavy atom. The average molecular weight is 777 g/mol. The second kappa shape index (κ2) is 20.2. The Bertz CT molecular complexity index is 1240. The highest BCUT2D eigenvalue weighted by molar-refractivity contribution is 5.69. The third-order valence-corrected chi connectivity index (χ3v) is 18.4. The lowest BCUT2D eigenvalue weighted by molar-refractivity contribution is -0.200. The standard InChI is InChI=1S/C54H96O2/c1-10-11-12-13-14-15-16-17-18-19-20-21-22-23-24-25-26-27-28-29-30-31-48(55)56-47-35-39-52(7)43(50(47,4)5)33-37-53(8)44-32-36-51(6)41-40-49(2,3)42-46(51)54(44,9)38-34-45(52)53/h32,43,45-47H,10-31,33-42H2,1-9H3/t43-,45-,46+,47-,51-,52-,53-,54+/m0/s1. The zero-order valence-electron chi connectivity index (χ0n) is 39.3. The van der Waals surface area contributed by atoms with Gasteiger partial charge in [-0.15, -0.1) is 0 Å². The maximum Gasteiger partial charge on any atom is 0.306 e. The van der Waals surface area contributed by atoms with Crippen molar-refractivity contribution in [1.82, 2.24) is 0 Å². The zero-order valence-corrected chi connectivity index (χ0v) is 39.3. The molecular weight excluding hydrogens is 681 g/mol. The number of allylic oxidation sites excluding steroid dienone is 2. The number of ether oxygens (including phenoxy) is 1. The van der Waals surface area contributed by atoms with Gasteiger partial charge in [-0.05, 0) is 115 Å². The van der Waals surface area contributed by atoms with Gasteiger partial charge in [-0.3, -0.25) is 4.79 Å². The summed E-state index contributed by atoms with van der Waals surface area (Å²) in [5.41, 5.74) is 3.84. The summed E-state index contributed by atoms with van der Waals surface area (Å²) in [6.45, 7) is 23.1. The molecule has 0 radical (unpaired) electrons. The molecule has 0 bridgehead atoms. The molecule has 2 nitrogen and oxygen atoms in total. The van der Waals surface area contributed by atoms with E-state index in [-0.39, 0.29) is 17.5 Å². The van der Waals surface area contributed by atoms with Crippen LogP contribution in [0.2, 0.25) is 0 Å². The van der Waals surface area contributed by atoms with Gasteiger partial charge in [0.25, 0.3) is 0 Å². The Labute approximate surface area is 350 Å². The molecule has 0 saturated heterocycles. The molecular formula is C54H96O2. The first-order valence-corrected chi connectivity index (χ1v) is 25.5. The van der Waals surface area contributed by atoms with Crippen LogP contribution in [0.1, 0.15) is 268 Å². The number of rotatable bonds is 23. The maximum absolute atomic E-state index is 13.3. The highest BCUT2D eigenvalue weighted by Crippen LogP contribution is 2.75. The third-order valence-electron chi connectivity index (χ3n) is 18.4. The quantitative estimate of drug-likeness (QED) is 0.0587. The number of carbonyl (C=O) groups is 1. The highest BCUT2D eigenvalue weighted by Gasteiger charge is 2.67. The largest absolute Gasteiger partial charge is 0.462 e. The number of fused-ring (bicyclic) bond motifs is 7. The van der Waals surface area contributed by atoms with Crippen LogP contribution in [0.5, 0.6) is 0 Å². The zero-order chi connectivity index (χ0) is 40.5. The van der Waals surface area contributed by atoms with Crippen LogP contribution in [0, 0.1) is 50.2 Å².